The predicted molar refractivity (Wildman–Crippen MR) is 96.4 cm³/mol. The highest BCUT2D eigenvalue weighted by atomic mass is 16.5. The zero-order chi connectivity index (χ0) is 19.1. The number of likely N-dealkylation sites (N-methyl/N-ethyl adjacent to an activating group) is 1. The first-order valence-electron chi connectivity index (χ1n) is 8.53. The van der Waals surface area contributed by atoms with Crippen molar-refractivity contribution in [1.82, 2.24) is 15.0 Å². The molecule has 0 aliphatic heterocycles. The molecular weight excluding hydrogens is 350 g/mol. The predicted octanol–water partition coefficient (Wildman–Crippen LogP) is 2.81. The fraction of sp³-hybridized carbons (Fsp3) is 0.316. The first-order chi connectivity index (χ1) is 13.2. The van der Waals surface area contributed by atoms with Crippen LogP contribution in [0.4, 0.5) is 0 Å². The van der Waals surface area contributed by atoms with Gasteiger partial charge in [0.15, 0.2) is 5.76 Å². The maximum atomic E-state index is 12.2. The number of rotatable bonds is 9. The summed E-state index contributed by atoms with van der Waals surface area (Å²) in [7, 11) is 3.35. The number of hydrogen-bond acceptors (Lipinski definition) is 7. The number of methoxy groups -OCH3 is 1. The molecule has 2 aromatic heterocycles. The highest BCUT2D eigenvalue weighted by molar-refractivity contribution is 5.76. The lowest BCUT2D eigenvalue weighted by Gasteiger charge is -2.17. The minimum atomic E-state index is -0.0221. The van der Waals surface area contributed by atoms with E-state index in [0.717, 1.165) is 11.5 Å². The zero-order valence-electron chi connectivity index (χ0n) is 15.3. The lowest BCUT2D eigenvalue weighted by molar-refractivity contribution is -0.130. The molecule has 0 aliphatic rings. The molecule has 0 fully saturated rings. The molecule has 0 bridgehead atoms. The van der Waals surface area contributed by atoms with Crippen molar-refractivity contribution in [1.29, 1.82) is 0 Å². The quantitative estimate of drug-likeness (QED) is 0.571. The van der Waals surface area contributed by atoms with Gasteiger partial charge in [0, 0.05) is 19.9 Å². The fourth-order valence-corrected chi connectivity index (χ4v) is 2.36. The second-order valence-corrected chi connectivity index (χ2v) is 5.83. The fourth-order valence-electron chi connectivity index (χ4n) is 2.36. The van der Waals surface area contributed by atoms with Crippen molar-refractivity contribution in [3.63, 3.8) is 0 Å². The van der Waals surface area contributed by atoms with Gasteiger partial charge in [0.25, 0.3) is 0 Å². The van der Waals surface area contributed by atoms with Crippen molar-refractivity contribution >= 4 is 5.91 Å². The van der Waals surface area contributed by atoms with Crippen molar-refractivity contribution in [3.8, 4) is 23.1 Å². The van der Waals surface area contributed by atoms with Crippen molar-refractivity contribution in [3.05, 3.63) is 48.6 Å². The van der Waals surface area contributed by atoms with Crippen LogP contribution in [0.5, 0.6) is 11.5 Å². The number of nitrogens with zero attached hydrogens (tertiary/aromatic N) is 3. The average Bonchev–Trinajstić information content (AvgIpc) is 3.38. The summed E-state index contributed by atoms with van der Waals surface area (Å²) < 4.78 is 21.1. The molecular formula is C19H21N3O5. The van der Waals surface area contributed by atoms with Gasteiger partial charge in [-0.2, -0.15) is 4.98 Å². The third-order valence-electron chi connectivity index (χ3n) is 3.94. The van der Waals surface area contributed by atoms with E-state index in [4.69, 9.17) is 18.4 Å². The first-order valence-corrected chi connectivity index (χ1v) is 8.53. The number of furan rings is 1. The van der Waals surface area contributed by atoms with Gasteiger partial charge < -0.3 is 23.3 Å². The molecule has 0 radical (unpaired) electrons. The van der Waals surface area contributed by atoms with Crippen molar-refractivity contribution < 1.29 is 23.2 Å². The van der Waals surface area contributed by atoms with Gasteiger partial charge in [0.05, 0.1) is 19.9 Å². The first kappa shape index (κ1) is 18.5. The summed E-state index contributed by atoms with van der Waals surface area (Å²) in [6, 6.07) is 10.8. The Morgan fingerprint density at radius 3 is 2.67 bits per heavy atom. The minimum absolute atomic E-state index is 0.0221. The van der Waals surface area contributed by atoms with Crippen LogP contribution < -0.4 is 9.47 Å². The Labute approximate surface area is 156 Å². The van der Waals surface area contributed by atoms with Gasteiger partial charge in [-0.1, -0.05) is 5.16 Å². The van der Waals surface area contributed by atoms with Gasteiger partial charge in [-0.15, -0.1) is 0 Å². The van der Waals surface area contributed by atoms with Gasteiger partial charge in [-0.3, -0.25) is 4.79 Å². The van der Waals surface area contributed by atoms with Crippen molar-refractivity contribution in [2.24, 2.45) is 0 Å². The Morgan fingerprint density at radius 1 is 1.19 bits per heavy atom. The van der Waals surface area contributed by atoms with Gasteiger partial charge in [-0.05, 0) is 36.4 Å². The third kappa shape index (κ3) is 5.10. The topological polar surface area (TPSA) is 90.8 Å². The van der Waals surface area contributed by atoms with Gasteiger partial charge in [0.2, 0.25) is 17.6 Å². The number of aryl methyl sites for hydroxylation is 1. The van der Waals surface area contributed by atoms with Crippen molar-refractivity contribution in [2.45, 2.75) is 12.8 Å². The van der Waals surface area contributed by atoms with Gasteiger partial charge in [-0.25, -0.2) is 0 Å². The lowest BCUT2D eigenvalue weighted by Crippen LogP contribution is -2.31. The molecule has 27 heavy (non-hydrogen) atoms. The molecule has 0 saturated heterocycles. The van der Waals surface area contributed by atoms with E-state index in [1.54, 1.807) is 31.2 Å². The van der Waals surface area contributed by atoms with Crippen LogP contribution in [0, 0.1) is 0 Å². The summed E-state index contributed by atoms with van der Waals surface area (Å²) in [4.78, 5) is 18.1. The summed E-state index contributed by atoms with van der Waals surface area (Å²) in [5, 5.41) is 3.84. The summed E-state index contributed by atoms with van der Waals surface area (Å²) in [5.74, 6) is 2.79. The smallest absolute Gasteiger partial charge is 0.238 e. The molecule has 0 N–H and O–H groups in total. The highest BCUT2D eigenvalue weighted by Crippen LogP contribution is 2.17. The number of aromatic nitrogens is 2. The SMILES string of the molecule is COc1ccc(OCCN(C)C(=O)CCc2nc(-c3ccco3)no2)cc1. The molecule has 0 spiro atoms. The number of carbonyl (C=O) groups is 1. The molecule has 8 nitrogen and oxygen atoms in total. The van der Waals surface area contributed by atoms with E-state index >= 15 is 0 Å². The lowest BCUT2D eigenvalue weighted by atomic mass is 10.3. The van der Waals surface area contributed by atoms with Crippen LogP contribution in [0.15, 0.2) is 51.6 Å². The van der Waals surface area contributed by atoms with E-state index in [-0.39, 0.29) is 12.3 Å². The van der Waals surface area contributed by atoms with Crippen LogP contribution in [0.3, 0.4) is 0 Å². The van der Waals surface area contributed by atoms with Crippen LogP contribution in [0.2, 0.25) is 0 Å². The normalized spacial score (nSPS) is 10.6. The Kier molecular flexibility index (Phi) is 6.09. The van der Waals surface area contributed by atoms with Crippen LogP contribution in [-0.4, -0.2) is 48.3 Å². The summed E-state index contributed by atoms with van der Waals surface area (Å²) in [5.41, 5.74) is 0. The number of hydrogen-bond donors (Lipinski definition) is 0. The average molecular weight is 371 g/mol. The van der Waals surface area contributed by atoms with Crippen LogP contribution in [0.25, 0.3) is 11.6 Å². The van der Waals surface area contributed by atoms with Crippen LogP contribution in [-0.2, 0) is 11.2 Å². The molecule has 1 amide bonds. The monoisotopic (exact) mass is 371 g/mol. The highest BCUT2D eigenvalue weighted by Gasteiger charge is 2.14. The summed E-state index contributed by atoms with van der Waals surface area (Å²) in [6.07, 6.45) is 2.19. The summed E-state index contributed by atoms with van der Waals surface area (Å²) in [6.45, 7) is 0.879. The molecule has 142 valence electrons. The van der Waals surface area contributed by atoms with Crippen molar-refractivity contribution in [2.75, 3.05) is 27.3 Å². The Bertz CT molecular complexity index is 843. The minimum Gasteiger partial charge on any atom is -0.497 e. The molecule has 0 saturated carbocycles. The second-order valence-electron chi connectivity index (χ2n) is 5.83. The maximum Gasteiger partial charge on any atom is 0.238 e. The molecule has 8 heteroatoms. The Hall–Kier alpha value is -3.29. The number of ether oxygens (including phenoxy) is 2. The van der Waals surface area contributed by atoms with E-state index in [1.807, 2.05) is 24.3 Å². The molecule has 0 aliphatic carbocycles. The molecule has 0 atom stereocenters. The second kappa shape index (κ2) is 8.88. The zero-order valence-corrected chi connectivity index (χ0v) is 15.3. The van der Waals surface area contributed by atoms with Crippen LogP contribution in [0.1, 0.15) is 12.3 Å². The summed E-state index contributed by atoms with van der Waals surface area (Å²) >= 11 is 0. The standard InChI is InChI=1S/C19H21N3O5/c1-22(11-13-25-15-7-5-14(24-2)6-8-15)18(23)10-9-17-20-19(21-27-17)16-4-3-12-26-16/h3-8,12H,9-11,13H2,1-2H3. The molecule has 0 unspecified atom stereocenters. The molecule has 3 aromatic rings. The Balaban J connectivity index is 1.39. The van der Waals surface area contributed by atoms with E-state index in [0.29, 0.717) is 37.0 Å². The molecule has 2 heterocycles. The van der Waals surface area contributed by atoms with E-state index < -0.39 is 0 Å². The van der Waals surface area contributed by atoms with Gasteiger partial charge in [0.1, 0.15) is 18.1 Å². The van der Waals surface area contributed by atoms with Crippen LogP contribution >= 0.6 is 0 Å². The maximum absolute atomic E-state index is 12.2. The third-order valence-corrected chi connectivity index (χ3v) is 3.94. The van der Waals surface area contributed by atoms with E-state index in [9.17, 15) is 4.79 Å². The largest absolute Gasteiger partial charge is 0.497 e. The van der Waals surface area contributed by atoms with Gasteiger partial charge >= 0.3 is 0 Å². The van der Waals surface area contributed by atoms with E-state index in [2.05, 4.69) is 10.1 Å². The number of carbonyl (C=O) groups excluding carboxylic acids is 1. The molecule has 1 aromatic carbocycles. The number of amides is 1. The Morgan fingerprint density at radius 2 is 1.96 bits per heavy atom. The molecule has 3 rings (SSSR count). The number of benzene rings is 1. The van der Waals surface area contributed by atoms with E-state index in [1.165, 1.54) is 6.26 Å².